The number of nitrogens with zero attached hydrogens (tertiary/aromatic N) is 4. The molecule has 4 amide bonds. The van der Waals surface area contributed by atoms with Gasteiger partial charge in [-0.25, -0.2) is 0 Å². The Kier molecular flexibility index (Phi) is 13.9. The zero-order chi connectivity index (χ0) is 43.4. The van der Waals surface area contributed by atoms with E-state index < -0.39 is 29.9 Å². The number of hydrogen-bond donors (Lipinski definition) is 2. The Labute approximate surface area is 370 Å². The van der Waals surface area contributed by atoms with E-state index in [0.717, 1.165) is 87.5 Å². The van der Waals surface area contributed by atoms with Crippen LogP contribution in [0.1, 0.15) is 97.1 Å². The summed E-state index contributed by atoms with van der Waals surface area (Å²) in [5, 5.41) is 11.9. The van der Waals surface area contributed by atoms with E-state index in [1.165, 1.54) is 43.4 Å². The van der Waals surface area contributed by atoms with Crippen LogP contribution >= 0.6 is 11.6 Å². The molecule has 3 aromatic carbocycles. The Bertz CT molecular complexity index is 2060. The van der Waals surface area contributed by atoms with Gasteiger partial charge in [-0.15, -0.1) is 11.6 Å². The van der Waals surface area contributed by atoms with Crippen molar-refractivity contribution in [1.29, 1.82) is 0 Å². The minimum Gasteiger partial charge on any atom is -0.493 e. The summed E-state index contributed by atoms with van der Waals surface area (Å²) in [4.78, 5) is 59.3. The molecule has 62 heavy (non-hydrogen) atoms. The van der Waals surface area contributed by atoms with Crippen molar-refractivity contribution in [2.45, 2.75) is 82.8 Å². The lowest BCUT2D eigenvalue weighted by atomic mass is 9.78. The van der Waals surface area contributed by atoms with Crippen LogP contribution in [0, 0.1) is 17.8 Å². The highest BCUT2D eigenvalue weighted by Crippen LogP contribution is 2.35. The maximum Gasteiger partial charge on any atom is 0.262 e. The molecule has 4 fully saturated rings. The number of halogens is 1. The Morgan fingerprint density at radius 2 is 1.23 bits per heavy atom. The SMILES string of the molecule is CC(C)(c1ccc(OCC2CCN(CC3CCN(CC4CCN(c5ccc6c(c5)C(=O)N(C5CCC(=O)NC5=O)C6=O)CC4)CC3)CC2)cc1)c1ccc(OC[C@H](O)CCl)cc1. The van der Waals surface area contributed by atoms with Crippen LogP contribution in [0.2, 0.25) is 0 Å². The summed E-state index contributed by atoms with van der Waals surface area (Å²) in [6.07, 6.45) is 6.62. The van der Waals surface area contributed by atoms with Crippen molar-refractivity contribution in [2.75, 3.05) is 76.4 Å². The molecule has 5 heterocycles. The highest BCUT2D eigenvalue weighted by molar-refractivity contribution is 6.23. The quantitative estimate of drug-likeness (QED) is 0.136. The molecule has 0 aromatic heterocycles. The summed E-state index contributed by atoms with van der Waals surface area (Å²) in [6.45, 7) is 14.1. The average molecular weight is 869 g/mol. The predicted octanol–water partition coefficient (Wildman–Crippen LogP) is 6.11. The van der Waals surface area contributed by atoms with Gasteiger partial charge in [0.25, 0.3) is 11.8 Å². The van der Waals surface area contributed by atoms with Gasteiger partial charge in [0.1, 0.15) is 30.3 Å². The zero-order valence-electron chi connectivity index (χ0n) is 36.2. The number of rotatable bonds is 15. The molecule has 8 rings (SSSR count). The monoisotopic (exact) mass is 867 g/mol. The number of ether oxygens (including phenoxy) is 2. The number of fused-ring (bicyclic) bond motifs is 1. The second kappa shape index (κ2) is 19.5. The Morgan fingerprint density at radius 3 is 1.79 bits per heavy atom. The molecule has 4 saturated heterocycles. The van der Waals surface area contributed by atoms with Gasteiger partial charge in [-0.3, -0.25) is 29.4 Å². The van der Waals surface area contributed by atoms with Crippen molar-refractivity contribution in [1.82, 2.24) is 20.0 Å². The molecule has 0 saturated carbocycles. The number of anilines is 1. The van der Waals surface area contributed by atoms with Crippen molar-refractivity contribution in [2.24, 2.45) is 17.8 Å². The lowest BCUT2D eigenvalue weighted by Crippen LogP contribution is -2.54. The van der Waals surface area contributed by atoms with Gasteiger partial charge < -0.3 is 29.3 Å². The standard InChI is InChI=1S/C49H62ClN5O7/c1-49(2,37-5-10-41(11-6-37)62-32-39(56)28-50)36-3-8-40(9-4-36)61-31-35-17-23-53(24-18-35)29-33-15-21-52(22-16-33)30-34-19-25-54(26-20-34)38-7-12-42-43(27-38)48(60)55(47(42)59)44-13-14-45(57)51-46(44)58/h3-12,27,33-35,39,44,56H,13-26,28-32H2,1-2H3,(H,51,57,58)/t39-,44?/m1/s1. The van der Waals surface area contributed by atoms with Gasteiger partial charge in [0, 0.05) is 43.7 Å². The number of imide groups is 2. The lowest BCUT2D eigenvalue weighted by molar-refractivity contribution is -0.136. The van der Waals surface area contributed by atoms with Gasteiger partial charge in [-0.05, 0) is 142 Å². The molecule has 12 nitrogen and oxygen atoms in total. The third-order valence-corrected chi connectivity index (χ3v) is 14.5. The Hall–Kier alpha value is -4.49. The first-order chi connectivity index (χ1) is 29.9. The minimum atomic E-state index is -0.951. The van der Waals surface area contributed by atoms with E-state index in [0.29, 0.717) is 28.7 Å². The number of benzene rings is 3. The predicted molar refractivity (Wildman–Crippen MR) is 239 cm³/mol. The number of piperidine rings is 4. The molecule has 0 bridgehead atoms. The molecule has 2 atom stereocenters. The van der Waals surface area contributed by atoms with Gasteiger partial charge in [-0.2, -0.15) is 0 Å². The molecule has 0 spiro atoms. The summed E-state index contributed by atoms with van der Waals surface area (Å²) in [7, 11) is 0. The second-order valence-corrected chi connectivity index (χ2v) is 19.0. The fourth-order valence-electron chi connectivity index (χ4n) is 10.0. The molecule has 332 valence electrons. The number of aliphatic hydroxyl groups excluding tert-OH is 1. The molecule has 5 aliphatic rings. The molecule has 0 radical (unpaired) electrons. The lowest BCUT2D eigenvalue weighted by Gasteiger charge is -2.40. The van der Waals surface area contributed by atoms with Gasteiger partial charge in [0.15, 0.2) is 0 Å². The fourth-order valence-corrected chi connectivity index (χ4v) is 10.1. The van der Waals surface area contributed by atoms with Crippen molar-refractivity contribution >= 4 is 40.9 Å². The van der Waals surface area contributed by atoms with E-state index in [1.54, 1.807) is 6.07 Å². The topological polar surface area (TPSA) is 132 Å². The van der Waals surface area contributed by atoms with E-state index in [2.05, 4.69) is 70.3 Å². The number of amides is 4. The van der Waals surface area contributed by atoms with E-state index in [9.17, 15) is 24.3 Å². The molecular weight excluding hydrogens is 806 g/mol. The number of carbonyl (C=O) groups excluding carboxylic acids is 4. The highest BCUT2D eigenvalue weighted by Gasteiger charge is 2.45. The highest BCUT2D eigenvalue weighted by atomic mass is 35.5. The van der Waals surface area contributed by atoms with Crippen LogP contribution in [0.4, 0.5) is 5.69 Å². The molecular formula is C49H62ClN5O7. The van der Waals surface area contributed by atoms with E-state index in [4.69, 9.17) is 21.1 Å². The summed E-state index contributed by atoms with van der Waals surface area (Å²) < 4.78 is 12.0. The number of alkyl halides is 1. The van der Waals surface area contributed by atoms with Crippen LogP contribution in [0.25, 0.3) is 0 Å². The van der Waals surface area contributed by atoms with Gasteiger partial charge in [-0.1, -0.05) is 38.1 Å². The number of carbonyl (C=O) groups is 4. The number of aliphatic hydroxyl groups is 1. The minimum absolute atomic E-state index is 0.109. The summed E-state index contributed by atoms with van der Waals surface area (Å²) >= 11 is 5.68. The third-order valence-electron chi connectivity index (χ3n) is 14.1. The van der Waals surface area contributed by atoms with Crippen LogP contribution in [-0.4, -0.2) is 127 Å². The van der Waals surface area contributed by atoms with Gasteiger partial charge in [0.05, 0.1) is 23.6 Å². The maximum atomic E-state index is 13.4. The molecule has 13 heteroatoms. The van der Waals surface area contributed by atoms with Gasteiger partial charge >= 0.3 is 0 Å². The van der Waals surface area contributed by atoms with E-state index >= 15 is 0 Å². The molecule has 1 unspecified atom stereocenters. The van der Waals surface area contributed by atoms with E-state index in [1.807, 2.05) is 24.3 Å². The van der Waals surface area contributed by atoms with Crippen LogP contribution in [-0.2, 0) is 15.0 Å². The maximum absolute atomic E-state index is 13.4. The molecule has 0 aliphatic carbocycles. The zero-order valence-corrected chi connectivity index (χ0v) is 37.0. The first-order valence-corrected chi connectivity index (χ1v) is 23.2. The van der Waals surface area contributed by atoms with Crippen LogP contribution in [0.5, 0.6) is 11.5 Å². The molecule has 3 aromatic rings. The first kappa shape index (κ1) is 44.1. The van der Waals surface area contributed by atoms with Crippen molar-refractivity contribution < 1.29 is 33.8 Å². The van der Waals surface area contributed by atoms with Crippen LogP contribution in [0.3, 0.4) is 0 Å². The fraction of sp³-hybridized carbons (Fsp3) is 0.551. The van der Waals surface area contributed by atoms with Crippen molar-refractivity contribution in [3.05, 3.63) is 89.0 Å². The average Bonchev–Trinajstić information content (AvgIpc) is 3.54. The Balaban J connectivity index is 0.711. The number of likely N-dealkylation sites (tertiary alicyclic amines) is 2. The Morgan fingerprint density at radius 1 is 0.694 bits per heavy atom. The smallest absolute Gasteiger partial charge is 0.262 e. The molecule has 2 N–H and O–H groups in total. The van der Waals surface area contributed by atoms with Crippen LogP contribution in [0.15, 0.2) is 66.7 Å². The largest absolute Gasteiger partial charge is 0.493 e. The second-order valence-electron chi connectivity index (χ2n) is 18.7. The number of nitrogens with one attached hydrogen (secondary N) is 1. The summed E-state index contributed by atoms with van der Waals surface area (Å²) in [5.74, 6) is 1.87. The third kappa shape index (κ3) is 10.1. The first-order valence-electron chi connectivity index (χ1n) is 22.7. The van der Waals surface area contributed by atoms with Gasteiger partial charge in [0.2, 0.25) is 11.8 Å². The summed E-state index contributed by atoms with van der Waals surface area (Å²) in [5.41, 5.74) is 3.81. The normalized spacial score (nSPS) is 21.9. The molecule has 5 aliphatic heterocycles. The van der Waals surface area contributed by atoms with Crippen molar-refractivity contribution in [3.63, 3.8) is 0 Å². The summed E-state index contributed by atoms with van der Waals surface area (Å²) in [6, 6.07) is 21.1. The van der Waals surface area contributed by atoms with E-state index in [-0.39, 0.29) is 36.7 Å². The number of hydrogen-bond acceptors (Lipinski definition) is 10. The van der Waals surface area contributed by atoms with Crippen LogP contribution < -0.4 is 19.7 Å². The van der Waals surface area contributed by atoms with Crippen molar-refractivity contribution in [3.8, 4) is 11.5 Å².